The van der Waals surface area contributed by atoms with Gasteiger partial charge in [0.25, 0.3) is 5.91 Å². The molecule has 2 aromatic rings. The Morgan fingerprint density at radius 2 is 1.83 bits per heavy atom. The van der Waals surface area contributed by atoms with Crippen LogP contribution in [0.1, 0.15) is 15.9 Å². The van der Waals surface area contributed by atoms with Gasteiger partial charge in [0.1, 0.15) is 0 Å². The fraction of sp³-hybridized carbons (Fsp3) is 0.0714. The molecule has 1 N–H and O–H groups in total. The van der Waals surface area contributed by atoms with E-state index in [2.05, 4.69) is 21.2 Å². The Labute approximate surface area is 119 Å². The van der Waals surface area contributed by atoms with E-state index in [0.717, 1.165) is 15.7 Å². The first-order valence-electron chi connectivity index (χ1n) is 5.40. The summed E-state index contributed by atoms with van der Waals surface area (Å²) in [6.07, 6.45) is 0. The molecule has 0 aliphatic heterocycles. The van der Waals surface area contributed by atoms with Gasteiger partial charge in [0.15, 0.2) is 0 Å². The Bertz CT molecular complexity index is 581. The summed E-state index contributed by atoms with van der Waals surface area (Å²) in [5.74, 6) is -0.155. The SMILES string of the molecule is Cc1cccc(NC(=O)c2ccc(Cl)cc2)c1Br. The van der Waals surface area contributed by atoms with Crippen LogP contribution in [-0.4, -0.2) is 5.91 Å². The number of halogens is 2. The molecule has 0 saturated heterocycles. The number of anilines is 1. The molecular weight excluding hydrogens is 314 g/mol. The predicted octanol–water partition coefficient (Wildman–Crippen LogP) is 4.66. The molecule has 2 nitrogen and oxygen atoms in total. The third-order valence-corrected chi connectivity index (χ3v) is 3.85. The van der Waals surface area contributed by atoms with Crippen LogP contribution < -0.4 is 5.32 Å². The summed E-state index contributed by atoms with van der Waals surface area (Å²) in [7, 11) is 0. The van der Waals surface area contributed by atoms with Gasteiger partial charge in [-0.15, -0.1) is 0 Å². The summed E-state index contributed by atoms with van der Waals surface area (Å²) >= 11 is 9.24. The third kappa shape index (κ3) is 2.92. The van der Waals surface area contributed by atoms with Gasteiger partial charge in [-0.2, -0.15) is 0 Å². The van der Waals surface area contributed by atoms with E-state index in [9.17, 15) is 4.79 Å². The third-order valence-electron chi connectivity index (χ3n) is 2.55. The van der Waals surface area contributed by atoms with E-state index in [0.29, 0.717) is 10.6 Å². The molecule has 1 amide bonds. The lowest BCUT2D eigenvalue weighted by Crippen LogP contribution is -2.12. The van der Waals surface area contributed by atoms with Gasteiger partial charge in [0.05, 0.1) is 5.69 Å². The summed E-state index contributed by atoms with van der Waals surface area (Å²) in [4.78, 5) is 12.0. The van der Waals surface area contributed by atoms with Crippen molar-refractivity contribution < 1.29 is 4.79 Å². The van der Waals surface area contributed by atoms with E-state index in [4.69, 9.17) is 11.6 Å². The number of rotatable bonds is 2. The number of hydrogen-bond acceptors (Lipinski definition) is 1. The average Bonchev–Trinajstić information content (AvgIpc) is 2.36. The second-order valence-electron chi connectivity index (χ2n) is 3.90. The molecule has 0 aliphatic carbocycles. The second kappa shape index (κ2) is 5.55. The molecule has 0 unspecified atom stereocenters. The molecule has 4 heteroatoms. The van der Waals surface area contributed by atoms with Gasteiger partial charge in [-0.1, -0.05) is 23.7 Å². The van der Waals surface area contributed by atoms with Crippen molar-refractivity contribution in [3.63, 3.8) is 0 Å². The normalized spacial score (nSPS) is 10.2. The zero-order valence-corrected chi connectivity index (χ0v) is 12.0. The number of carbonyl (C=O) groups is 1. The van der Waals surface area contributed by atoms with Gasteiger partial charge in [0.2, 0.25) is 0 Å². The maximum Gasteiger partial charge on any atom is 0.255 e. The lowest BCUT2D eigenvalue weighted by molar-refractivity contribution is 0.102. The molecule has 0 aliphatic rings. The van der Waals surface area contributed by atoms with Crippen LogP contribution in [0.4, 0.5) is 5.69 Å². The Hall–Kier alpha value is -1.32. The van der Waals surface area contributed by atoms with Crippen molar-refractivity contribution in [3.05, 3.63) is 63.1 Å². The number of hydrogen-bond donors (Lipinski definition) is 1. The van der Waals surface area contributed by atoms with Crippen molar-refractivity contribution in [3.8, 4) is 0 Å². The molecule has 0 fully saturated rings. The molecule has 0 saturated carbocycles. The van der Waals surface area contributed by atoms with Crippen molar-refractivity contribution in [1.82, 2.24) is 0 Å². The van der Waals surface area contributed by atoms with Crippen molar-refractivity contribution in [1.29, 1.82) is 0 Å². The first-order chi connectivity index (χ1) is 8.58. The van der Waals surface area contributed by atoms with Gasteiger partial charge in [-0.25, -0.2) is 0 Å². The standard InChI is InChI=1S/C14H11BrClNO/c1-9-3-2-4-12(13(9)15)17-14(18)10-5-7-11(16)8-6-10/h2-8H,1H3,(H,17,18). The van der Waals surface area contributed by atoms with Crippen LogP contribution in [0, 0.1) is 6.92 Å². The molecule has 0 heterocycles. The Kier molecular flexibility index (Phi) is 4.04. The minimum Gasteiger partial charge on any atom is -0.321 e. The summed E-state index contributed by atoms with van der Waals surface area (Å²) in [5, 5.41) is 3.47. The van der Waals surface area contributed by atoms with Crippen molar-refractivity contribution in [2.75, 3.05) is 5.32 Å². The van der Waals surface area contributed by atoms with E-state index in [-0.39, 0.29) is 5.91 Å². The topological polar surface area (TPSA) is 29.1 Å². The summed E-state index contributed by atoms with van der Waals surface area (Å²) in [5.41, 5.74) is 2.41. The minimum absolute atomic E-state index is 0.155. The largest absolute Gasteiger partial charge is 0.321 e. The van der Waals surface area contributed by atoms with E-state index >= 15 is 0 Å². The molecule has 0 atom stereocenters. The van der Waals surface area contributed by atoms with Gasteiger partial charge in [-0.05, 0) is 58.7 Å². The smallest absolute Gasteiger partial charge is 0.255 e. The van der Waals surface area contributed by atoms with E-state index < -0.39 is 0 Å². The molecule has 2 aromatic carbocycles. The maximum absolute atomic E-state index is 12.0. The average molecular weight is 325 g/mol. The first-order valence-corrected chi connectivity index (χ1v) is 6.57. The van der Waals surface area contributed by atoms with Crippen LogP contribution in [0.15, 0.2) is 46.9 Å². The Morgan fingerprint density at radius 3 is 2.50 bits per heavy atom. The van der Waals surface area contributed by atoms with Crippen LogP contribution >= 0.6 is 27.5 Å². The molecule has 0 radical (unpaired) electrons. The zero-order valence-electron chi connectivity index (χ0n) is 9.71. The number of carbonyl (C=O) groups excluding carboxylic acids is 1. The van der Waals surface area contributed by atoms with Gasteiger partial charge in [0, 0.05) is 15.1 Å². The quantitative estimate of drug-likeness (QED) is 0.855. The van der Waals surface area contributed by atoms with Crippen molar-refractivity contribution in [2.24, 2.45) is 0 Å². The maximum atomic E-state index is 12.0. The van der Waals surface area contributed by atoms with E-state index in [1.54, 1.807) is 24.3 Å². The Morgan fingerprint density at radius 1 is 1.17 bits per heavy atom. The first kappa shape index (κ1) is 13.1. The molecule has 18 heavy (non-hydrogen) atoms. The fourth-order valence-corrected chi connectivity index (χ4v) is 2.03. The fourth-order valence-electron chi connectivity index (χ4n) is 1.54. The number of nitrogens with one attached hydrogen (secondary N) is 1. The lowest BCUT2D eigenvalue weighted by Gasteiger charge is -2.09. The van der Waals surface area contributed by atoms with Gasteiger partial charge in [-0.3, -0.25) is 4.79 Å². The van der Waals surface area contributed by atoms with Gasteiger partial charge >= 0.3 is 0 Å². The van der Waals surface area contributed by atoms with Crippen LogP contribution in [-0.2, 0) is 0 Å². The summed E-state index contributed by atoms with van der Waals surface area (Å²) in [6.45, 7) is 1.97. The monoisotopic (exact) mass is 323 g/mol. The van der Waals surface area contributed by atoms with Crippen LogP contribution in [0.2, 0.25) is 5.02 Å². The Balaban J connectivity index is 2.21. The van der Waals surface area contributed by atoms with Crippen LogP contribution in [0.25, 0.3) is 0 Å². The number of aryl methyl sites for hydroxylation is 1. The van der Waals surface area contributed by atoms with Crippen molar-refractivity contribution in [2.45, 2.75) is 6.92 Å². The van der Waals surface area contributed by atoms with E-state index in [1.165, 1.54) is 0 Å². The molecule has 0 bridgehead atoms. The minimum atomic E-state index is -0.155. The second-order valence-corrected chi connectivity index (χ2v) is 5.13. The zero-order chi connectivity index (χ0) is 13.1. The highest BCUT2D eigenvalue weighted by Crippen LogP contribution is 2.26. The summed E-state index contributed by atoms with van der Waals surface area (Å²) in [6, 6.07) is 12.5. The highest BCUT2D eigenvalue weighted by molar-refractivity contribution is 9.10. The lowest BCUT2D eigenvalue weighted by atomic mass is 10.2. The molecule has 92 valence electrons. The molecular formula is C14H11BrClNO. The predicted molar refractivity (Wildman–Crippen MR) is 78.3 cm³/mol. The molecule has 2 rings (SSSR count). The number of benzene rings is 2. The van der Waals surface area contributed by atoms with Crippen LogP contribution in [0.5, 0.6) is 0 Å². The highest BCUT2D eigenvalue weighted by atomic mass is 79.9. The molecule has 0 aromatic heterocycles. The van der Waals surface area contributed by atoms with Gasteiger partial charge < -0.3 is 5.32 Å². The molecule has 0 spiro atoms. The van der Waals surface area contributed by atoms with E-state index in [1.807, 2.05) is 25.1 Å². The van der Waals surface area contributed by atoms with Crippen molar-refractivity contribution >= 4 is 39.1 Å². The summed E-state index contributed by atoms with van der Waals surface area (Å²) < 4.78 is 0.896. The highest BCUT2D eigenvalue weighted by Gasteiger charge is 2.08. The number of amides is 1. The van der Waals surface area contributed by atoms with Crippen LogP contribution in [0.3, 0.4) is 0 Å².